The van der Waals surface area contributed by atoms with E-state index in [1.54, 1.807) is 20.8 Å². The Morgan fingerprint density at radius 2 is 1.70 bits per heavy atom. The molecule has 0 aliphatic heterocycles. The number of ether oxygens (including phenoxy) is 2. The maximum Gasteiger partial charge on any atom is 0.336 e. The average molecular weight is 288 g/mol. The Morgan fingerprint density at radius 3 is 2.15 bits per heavy atom. The molecule has 0 amide bonds. The zero-order chi connectivity index (χ0) is 15.8. The van der Waals surface area contributed by atoms with Gasteiger partial charge in [0.1, 0.15) is 0 Å². The van der Waals surface area contributed by atoms with Crippen LogP contribution in [-0.2, 0) is 23.9 Å². The summed E-state index contributed by atoms with van der Waals surface area (Å²) in [5.41, 5.74) is -1.84. The van der Waals surface area contributed by atoms with Crippen LogP contribution in [-0.4, -0.2) is 40.3 Å². The van der Waals surface area contributed by atoms with Gasteiger partial charge in [-0.3, -0.25) is 9.59 Å². The number of carbonyl (C=O) groups excluding carboxylic acids is 2. The zero-order valence-corrected chi connectivity index (χ0v) is 11.8. The molecule has 1 atom stereocenters. The summed E-state index contributed by atoms with van der Waals surface area (Å²) in [5.74, 6) is -3.51. The van der Waals surface area contributed by atoms with Crippen LogP contribution in [0, 0.1) is 0 Å². The second kappa shape index (κ2) is 8.31. The molecule has 0 saturated carbocycles. The Bertz CT molecular complexity index is 396. The van der Waals surface area contributed by atoms with Gasteiger partial charge in [0.2, 0.25) is 0 Å². The van der Waals surface area contributed by atoms with Gasteiger partial charge in [0.25, 0.3) is 0 Å². The van der Waals surface area contributed by atoms with Crippen molar-refractivity contribution in [3.05, 3.63) is 11.8 Å². The molecule has 0 rings (SSSR count). The first kappa shape index (κ1) is 18.1. The van der Waals surface area contributed by atoms with Gasteiger partial charge in [-0.1, -0.05) is 6.92 Å². The molecule has 0 spiro atoms. The second-order valence-corrected chi connectivity index (χ2v) is 4.60. The first-order chi connectivity index (χ1) is 9.21. The van der Waals surface area contributed by atoms with Crippen LogP contribution >= 0.6 is 0 Å². The Morgan fingerprint density at radius 1 is 1.15 bits per heavy atom. The number of hydrogen-bond acceptors (Lipinski definition) is 6. The lowest BCUT2D eigenvalue weighted by Crippen LogP contribution is -2.43. The monoisotopic (exact) mass is 288 g/mol. The maximum absolute atomic E-state index is 11.4. The highest BCUT2D eigenvalue weighted by Gasteiger charge is 2.41. The van der Waals surface area contributed by atoms with Gasteiger partial charge in [-0.05, 0) is 25.8 Å². The fourth-order valence-electron chi connectivity index (χ4n) is 1.18. The highest BCUT2D eigenvalue weighted by Crippen LogP contribution is 2.18. The number of aliphatic hydroxyl groups is 1. The van der Waals surface area contributed by atoms with Gasteiger partial charge in [0.05, 0.1) is 25.7 Å². The van der Waals surface area contributed by atoms with Crippen molar-refractivity contribution in [1.29, 1.82) is 0 Å². The minimum absolute atomic E-state index is 0.122. The number of esters is 2. The summed E-state index contributed by atoms with van der Waals surface area (Å²) in [4.78, 5) is 33.8. The van der Waals surface area contributed by atoms with E-state index in [-0.39, 0.29) is 6.61 Å². The van der Waals surface area contributed by atoms with E-state index in [2.05, 4.69) is 4.74 Å². The lowest BCUT2D eigenvalue weighted by atomic mass is 9.96. The largest absolute Gasteiger partial charge is 0.479 e. The normalized spacial score (nSPS) is 13.0. The Labute approximate surface area is 117 Å². The van der Waals surface area contributed by atoms with Crippen molar-refractivity contribution >= 4 is 17.9 Å². The molecule has 0 aliphatic carbocycles. The van der Waals surface area contributed by atoms with Crippen molar-refractivity contribution in [2.24, 2.45) is 0 Å². The van der Waals surface area contributed by atoms with Gasteiger partial charge >= 0.3 is 17.9 Å². The Balaban J connectivity index is 4.68. The lowest BCUT2D eigenvalue weighted by molar-refractivity contribution is -0.172. The van der Waals surface area contributed by atoms with Crippen LogP contribution in [0.1, 0.15) is 40.0 Å². The van der Waals surface area contributed by atoms with Gasteiger partial charge in [0, 0.05) is 0 Å². The molecule has 7 heteroatoms. The third-order valence-corrected chi connectivity index (χ3v) is 2.16. The Hall–Kier alpha value is -1.89. The quantitative estimate of drug-likeness (QED) is 0.506. The minimum atomic E-state index is -2.53. The molecular weight excluding hydrogens is 268 g/mol. The maximum atomic E-state index is 11.4. The molecule has 0 aromatic carbocycles. The predicted octanol–water partition coefficient (Wildman–Crippen LogP) is 1.00. The van der Waals surface area contributed by atoms with Gasteiger partial charge in [-0.25, -0.2) is 4.79 Å². The molecule has 0 aromatic rings. The molecule has 0 heterocycles. The SMILES string of the molecule is CCCOC(=O)CC(O)(CC(=O)OC=C(C)C)C(=O)O. The molecule has 0 fully saturated rings. The Kier molecular flexibility index (Phi) is 7.53. The number of carbonyl (C=O) groups is 3. The van der Waals surface area contributed by atoms with Crippen molar-refractivity contribution in [2.45, 2.75) is 45.6 Å². The summed E-state index contributed by atoms with van der Waals surface area (Å²) in [6.07, 6.45) is 0.0550. The average Bonchev–Trinajstić information content (AvgIpc) is 2.33. The van der Waals surface area contributed by atoms with Crippen LogP contribution in [0.4, 0.5) is 0 Å². The lowest BCUT2D eigenvalue weighted by Gasteiger charge is -2.20. The topological polar surface area (TPSA) is 110 Å². The van der Waals surface area contributed by atoms with Crippen LogP contribution in [0.15, 0.2) is 11.8 Å². The van der Waals surface area contributed by atoms with E-state index in [1.165, 1.54) is 0 Å². The summed E-state index contributed by atoms with van der Waals surface area (Å²) in [6.45, 7) is 5.25. The highest BCUT2D eigenvalue weighted by molar-refractivity contribution is 5.89. The molecular formula is C13H20O7. The number of allylic oxidation sites excluding steroid dienone is 1. The number of carboxylic acid groups (broad SMARTS) is 1. The molecule has 7 nitrogen and oxygen atoms in total. The molecule has 20 heavy (non-hydrogen) atoms. The fourth-order valence-corrected chi connectivity index (χ4v) is 1.18. The standard InChI is InChI=1S/C13H20O7/c1-4-5-19-10(14)6-13(18,12(16)17)7-11(15)20-8-9(2)3/h8,18H,4-7H2,1-3H3,(H,16,17). The van der Waals surface area contributed by atoms with Gasteiger partial charge in [0.15, 0.2) is 5.60 Å². The van der Waals surface area contributed by atoms with Crippen molar-refractivity contribution in [2.75, 3.05) is 6.61 Å². The van der Waals surface area contributed by atoms with Crippen molar-refractivity contribution in [3.8, 4) is 0 Å². The van der Waals surface area contributed by atoms with E-state index in [0.717, 1.165) is 6.26 Å². The van der Waals surface area contributed by atoms with Gasteiger partial charge in [-0.15, -0.1) is 0 Å². The third-order valence-electron chi connectivity index (χ3n) is 2.16. The molecule has 0 aliphatic rings. The van der Waals surface area contributed by atoms with E-state index < -0.39 is 36.4 Å². The fraction of sp³-hybridized carbons (Fsp3) is 0.615. The van der Waals surface area contributed by atoms with E-state index >= 15 is 0 Å². The van der Waals surface area contributed by atoms with Crippen molar-refractivity contribution in [3.63, 3.8) is 0 Å². The zero-order valence-electron chi connectivity index (χ0n) is 11.8. The molecule has 0 aromatic heterocycles. The van der Waals surface area contributed by atoms with Crippen LogP contribution in [0.3, 0.4) is 0 Å². The molecule has 1 unspecified atom stereocenters. The number of hydrogen-bond donors (Lipinski definition) is 2. The second-order valence-electron chi connectivity index (χ2n) is 4.60. The van der Waals surface area contributed by atoms with Crippen LogP contribution in [0.2, 0.25) is 0 Å². The van der Waals surface area contributed by atoms with Crippen molar-refractivity contribution in [1.82, 2.24) is 0 Å². The van der Waals surface area contributed by atoms with Crippen molar-refractivity contribution < 1.29 is 34.1 Å². The summed E-state index contributed by atoms with van der Waals surface area (Å²) in [5, 5.41) is 18.8. The van der Waals surface area contributed by atoms with Crippen LogP contribution < -0.4 is 0 Å². The van der Waals surface area contributed by atoms with Gasteiger partial charge in [-0.2, -0.15) is 0 Å². The van der Waals surface area contributed by atoms with Crippen LogP contribution in [0.25, 0.3) is 0 Å². The van der Waals surface area contributed by atoms with E-state index in [0.29, 0.717) is 12.0 Å². The number of carboxylic acids is 1. The van der Waals surface area contributed by atoms with E-state index in [9.17, 15) is 19.5 Å². The number of aliphatic carboxylic acids is 1. The molecule has 0 bridgehead atoms. The third kappa shape index (κ3) is 6.89. The molecule has 0 radical (unpaired) electrons. The van der Waals surface area contributed by atoms with E-state index in [4.69, 9.17) is 9.84 Å². The summed E-state index contributed by atoms with van der Waals surface area (Å²) in [6, 6.07) is 0. The predicted molar refractivity (Wildman–Crippen MR) is 68.6 cm³/mol. The summed E-state index contributed by atoms with van der Waals surface area (Å²) >= 11 is 0. The smallest absolute Gasteiger partial charge is 0.336 e. The summed E-state index contributed by atoms with van der Waals surface area (Å²) in [7, 11) is 0. The molecule has 0 saturated heterocycles. The van der Waals surface area contributed by atoms with Gasteiger partial charge < -0.3 is 19.7 Å². The summed E-state index contributed by atoms with van der Waals surface area (Å²) < 4.78 is 9.33. The number of rotatable bonds is 8. The molecule has 2 N–H and O–H groups in total. The first-order valence-electron chi connectivity index (χ1n) is 6.15. The van der Waals surface area contributed by atoms with Crippen LogP contribution in [0.5, 0.6) is 0 Å². The minimum Gasteiger partial charge on any atom is -0.479 e. The molecule has 114 valence electrons. The van der Waals surface area contributed by atoms with E-state index in [1.807, 2.05) is 0 Å². The first-order valence-corrected chi connectivity index (χ1v) is 6.15. The highest BCUT2D eigenvalue weighted by atomic mass is 16.5.